The molecule has 8 heteroatoms. The molecule has 4 aromatic rings. The topological polar surface area (TPSA) is 60.3 Å². The van der Waals surface area contributed by atoms with Crippen LogP contribution in [0.25, 0.3) is 17.1 Å². The van der Waals surface area contributed by atoms with E-state index in [9.17, 15) is 9.18 Å². The highest BCUT2D eigenvalue weighted by molar-refractivity contribution is 7.98. The third-order valence-electron chi connectivity index (χ3n) is 5.50. The molecule has 0 aliphatic rings. The van der Waals surface area contributed by atoms with Gasteiger partial charge in [0.25, 0.3) is 5.91 Å². The number of para-hydroxylation sites is 1. The summed E-state index contributed by atoms with van der Waals surface area (Å²) in [5.41, 5.74) is 2.74. The van der Waals surface area contributed by atoms with E-state index in [-0.39, 0.29) is 11.7 Å². The number of nitrogens with zero attached hydrogens (tertiary/aromatic N) is 4. The van der Waals surface area contributed by atoms with E-state index in [2.05, 4.69) is 10.2 Å². The first kappa shape index (κ1) is 24.5. The molecule has 1 heterocycles. The summed E-state index contributed by atoms with van der Waals surface area (Å²) in [5, 5.41) is 9.32. The van der Waals surface area contributed by atoms with E-state index >= 15 is 0 Å². The Morgan fingerprint density at radius 2 is 1.86 bits per heavy atom. The maximum Gasteiger partial charge on any atom is 0.253 e. The van der Waals surface area contributed by atoms with E-state index in [1.165, 1.54) is 17.8 Å². The van der Waals surface area contributed by atoms with Gasteiger partial charge in [0.1, 0.15) is 11.6 Å². The number of ether oxygens (including phenoxy) is 1. The fourth-order valence-corrected chi connectivity index (χ4v) is 4.65. The summed E-state index contributed by atoms with van der Waals surface area (Å²) < 4.78 is 21.9. The van der Waals surface area contributed by atoms with Crippen LogP contribution in [0.5, 0.6) is 5.75 Å². The molecule has 0 aliphatic heterocycles. The molecule has 0 saturated heterocycles. The van der Waals surface area contributed by atoms with Gasteiger partial charge in [-0.1, -0.05) is 55.1 Å². The molecule has 3 aromatic carbocycles. The minimum Gasteiger partial charge on any atom is -0.497 e. The number of halogens is 1. The van der Waals surface area contributed by atoms with E-state index in [1.54, 1.807) is 34.8 Å². The summed E-state index contributed by atoms with van der Waals surface area (Å²) in [4.78, 5) is 14.4. The van der Waals surface area contributed by atoms with Gasteiger partial charge in [-0.05, 0) is 48.4 Å². The normalized spacial score (nSPS) is 10.9. The Bertz CT molecular complexity index is 1320. The van der Waals surface area contributed by atoms with Crippen molar-refractivity contribution in [1.29, 1.82) is 0 Å². The Kier molecular flexibility index (Phi) is 7.82. The van der Waals surface area contributed by atoms with Gasteiger partial charge in [0, 0.05) is 30.5 Å². The highest BCUT2D eigenvalue weighted by atomic mass is 32.2. The minimum atomic E-state index is -0.371. The van der Waals surface area contributed by atoms with Gasteiger partial charge in [0.2, 0.25) is 0 Å². The van der Waals surface area contributed by atoms with Crippen LogP contribution in [0.3, 0.4) is 0 Å². The van der Waals surface area contributed by atoms with Gasteiger partial charge in [-0.3, -0.25) is 9.36 Å². The lowest BCUT2D eigenvalue weighted by atomic mass is 10.1. The lowest BCUT2D eigenvalue weighted by molar-refractivity contribution is 0.0795. The van der Waals surface area contributed by atoms with Crippen LogP contribution >= 0.6 is 11.8 Å². The fraction of sp³-hybridized carbons (Fsp3) is 0.222. The molecule has 35 heavy (non-hydrogen) atoms. The van der Waals surface area contributed by atoms with Crippen molar-refractivity contribution in [1.82, 2.24) is 19.7 Å². The van der Waals surface area contributed by atoms with Crippen LogP contribution in [0.4, 0.5) is 4.39 Å². The fourth-order valence-electron chi connectivity index (χ4n) is 3.76. The molecule has 0 N–H and O–H groups in total. The lowest BCUT2D eigenvalue weighted by Gasteiger charge is -2.16. The summed E-state index contributed by atoms with van der Waals surface area (Å²) in [6.07, 6.45) is 0.902. The van der Waals surface area contributed by atoms with Gasteiger partial charge in [-0.15, -0.1) is 10.2 Å². The summed E-state index contributed by atoms with van der Waals surface area (Å²) in [6.45, 7) is 2.75. The van der Waals surface area contributed by atoms with Crippen molar-refractivity contribution < 1.29 is 13.9 Å². The van der Waals surface area contributed by atoms with E-state index < -0.39 is 0 Å². The van der Waals surface area contributed by atoms with E-state index in [0.717, 1.165) is 17.5 Å². The molecule has 0 bridgehead atoms. The average Bonchev–Trinajstić information content (AvgIpc) is 3.31. The van der Waals surface area contributed by atoms with Crippen LogP contribution in [0, 0.1) is 5.82 Å². The molecule has 0 atom stereocenters. The molecular formula is C27H27FN4O2S. The molecule has 0 spiro atoms. The first-order valence-electron chi connectivity index (χ1n) is 11.3. The standard InChI is InChI=1S/C27H27FN4O2S/c1-4-15-31(2)26(33)21-11-7-9-19(16-21)18-35-27-30-29-25(20-10-8-12-22(17-20)34-3)32(27)24-14-6-5-13-23(24)28/h5-14,16-17H,4,15,18H2,1-3H3. The molecular weight excluding hydrogens is 463 g/mol. The van der Waals surface area contributed by atoms with Crippen molar-refractivity contribution in [2.45, 2.75) is 24.3 Å². The Labute approximate surface area is 208 Å². The maximum absolute atomic E-state index is 14.9. The van der Waals surface area contributed by atoms with Crippen molar-refractivity contribution in [2.24, 2.45) is 0 Å². The molecule has 180 valence electrons. The molecule has 0 unspecified atom stereocenters. The Morgan fingerprint density at radius 1 is 1.06 bits per heavy atom. The second-order valence-corrected chi connectivity index (χ2v) is 8.98. The number of benzene rings is 3. The van der Waals surface area contributed by atoms with Crippen LogP contribution in [0.1, 0.15) is 29.3 Å². The summed E-state index contributed by atoms with van der Waals surface area (Å²) >= 11 is 1.43. The Hall–Kier alpha value is -3.65. The summed E-state index contributed by atoms with van der Waals surface area (Å²) in [7, 11) is 3.41. The van der Waals surface area contributed by atoms with Gasteiger partial charge >= 0.3 is 0 Å². The van der Waals surface area contributed by atoms with Crippen molar-refractivity contribution in [3.8, 4) is 22.8 Å². The largest absolute Gasteiger partial charge is 0.497 e. The average molecular weight is 491 g/mol. The lowest BCUT2D eigenvalue weighted by Crippen LogP contribution is -2.27. The highest BCUT2D eigenvalue weighted by Crippen LogP contribution is 2.32. The second-order valence-electron chi connectivity index (χ2n) is 8.04. The van der Waals surface area contributed by atoms with Crippen molar-refractivity contribution >= 4 is 17.7 Å². The van der Waals surface area contributed by atoms with Gasteiger partial charge < -0.3 is 9.64 Å². The SMILES string of the molecule is CCCN(C)C(=O)c1cccc(CSc2nnc(-c3cccc(OC)c3)n2-c2ccccc2F)c1. The molecule has 4 rings (SSSR count). The van der Waals surface area contributed by atoms with Gasteiger partial charge in [0.05, 0.1) is 12.8 Å². The number of hydrogen-bond donors (Lipinski definition) is 0. The molecule has 6 nitrogen and oxygen atoms in total. The van der Waals surface area contributed by atoms with E-state index in [4.69, 9.17) is 4.74 Å². The third-order valence-corrected chi connectivity index (χ3v) is 6.50. The number of carbonyl (C=O) groups is 1. The first-order chi connectivity index (χ1) is 17.0. The maximum atomic E-state index is 14.9. The zero-order chi connectivity index (χ0) is 24.8. The van der Waals surface area contributed by atoms with E-state index in [0.29, 0.717) is 40.3 Å². The zero-order valence-corrected chi connectivity index (χ0v) is 20.8. The number of rotatable bonds is 9. The van der Waals surface area contributed by atoms with Crippen molar-refractivity contribution in [2.75, 3.05) is 20.7 Å². The minimum absolute atomic E-state index is 0.00599. The molecule has 0 aliphatic carbocycles. The van der Waals surface area contributed by atoms with Gasteiger partial charge in [-0.2, -0.15) is 0 Å². The third kappa shape index (κ3) is 5.54. The zero-order valence-electron chi connectivity index (χ0n) is 19.9. The van der Waals surface area contributed by atoms with Crippen LogP contribution in [-0.2, 0) is 5.75 Å². The monoisotopic (exact) mass is 490 g/mol. The quantitative estimate of drug-likeness (QED) is 0.275. The number of hydrogen-bond acceptors (Lipinski definition) is 5. The van der Waals surface area contributed by atoms with Crippen molar-refractivity contribution in [3.05, 3.63) is 89.7 Å². The van der Waals surface area contributed by atoms with Crippen molar-refractivity contribution in [3.63, 3.8) is 0 Å². The molecule has 1 amide bonds. The van der Waals surface area contributed by atoms with Gasteiger partial charge in [0.15, 0.2) is 11.0 Å². The predicted molar refractivity (Wildman–Crippen MR) is 137 cm³/mol. The molecule has 0 saturated carbocycles. The molecule has 1 aromatic heterocycles. The summed E-state index contributed by atoms with van der Waals surface area (Å²) in [5.74, 6) is 1.36. The Balaban J connectivity index is 1.66. The highest BCUT2D eigenvalue weighted by Gasteiger charge is 2.19. The number of thioether (sulfide) groups is 1. The van der Waals surface area contributed by atoms with Crippen LogP contribution in [0.2, 0.25) is 0 Å². The number of methoxy groups -OCH3 is 1. The molecule has 0 radical (unpaired) electrons. The smallest absolute Gasteiger partial charge is 0.253 e. The molecule has 0 fully saturated rings. The number of aromatic nitrogens is 3. The predicted octanol–water partition coefficient (Wildman–Crippen LogP) is 5.86. The first-order valence-corrected chi connectivity index (χ1v) is 12.3. The number of carbonyl (C=O) groups excluding carboxylic acids is 1. The van der Waals surface area contributed by atoms with Gasteiger partial charge in [-0.25, -0.2) is 4.39 Å². The number of amides is 1. The van der Waals surface area contributed by atoms with Crippen LogP contribution < -0.4 is 4.74 Å². The van der Waals surface area contributed by atoms with Crippen LogP contribution in [0.15, 0.2) is 78.0 Å². The second kappa shape index (κ2) is 11.2. The summed E-state index contributed by atoms with van der Waals surface area (Å²) in [6, 6.07) is 21.6. The van der Waals surface area contributed by atoms with Crippen LogP contribution in [-0.4, -0.2) is 46.3 Å². The van der Waals surface area contributed by atoms with E-state index in [1.807, 2.05) is 62.5 Å². The Morgan fingerprint density at radius 3 is 2.63 bits per heavy atom.